The molecule has 0 bridgehead atoms. The van der Waals surface area contributed by atoms with E-state index in [-0.39, 0.29) is 29.6 Å². The van der Waals surface area contributed by atoms with Crippen LogP contribution in [-0.2, 0) is 30.4 Å². The molecule has 0 aliphatic heterocycles. The highest BCUT2D eigenvalue weighted by atomic mass is 16.5. The third-order valence-corrected chi connectivity index (χ3v) is 5.77. The van der Waals surface area contributed by atoms with Crippen LogP contribution in [0.1, 0.15) is 76.6 Å². The minimum Gasteiger partial charge on any atom is -0.508 e. The van der Waals surface area contributed by atoms with Crippen LogP contribution >= 0.6 is 0 Å². The Hall–Kier alpha value is -2.90. The van der Waals surface area contributed by atoms with Gasteiger partial charge >= 0.3 is 5.97 Å². The van der Waals surface area contributed by atoms with Crippen LogP contribution in [0.15, 0.2) is 24.3 Å². The molecule has 2 aliphatic rings. The fourth-order valence-electron chi connectivity index (χ4n) is 4.02. The van der Waals surface area contributed by atoms with Crippen molar-refractivity contribution in [3.05, 3.63) is 57.6 Å². The number of ether oxygens (including phenoxy) is 1. The van der Waals surface area contributed by atoms with Crippen LogP contribution in [0.5, 0.6) is 11.5 Å². The number of aldehydes is 1. The summed E-state index contributed by atoms with van der Waals surface area (Å²) in [5, 5.41) is 19.0. The molecule has 2 atom stereocenters. The first-order valence-electron chi connectivity index (χ1n) is 11.6. The SMILES string of the molecule is CCCC.CCOC(=O)c1cc(O)cc2c1CC(N)C2.NC1Cc2c(O)ccc(C=O)c2C1. The lowest BCUT2D eigenvalue weighted by Gasteiger charge is -2.08. The molecule has 0 heterocycles. The number of fused-ring (bicyclic) bond motifs is 2. The lowest BCUT2D eigenvalue weighted by atomic mass is 10.0. The normalized spacial score (nSPS) is 17.6. The fourth-order valence-corrected chi connectivity index (χ4v) is 4.02. The van der Waals surface area contributed by atoms with E-state index in [2.05, 4.69) is 13.8 Å². The maximum absolute atomic E-state index is 11.7. The van der Waals surface area contributed by atoms with Gasteiger partial charge < -0.3 is 26.4 Å². The van der Waals surface area contributed by atoms with Crippen molar-refractivity contribution < 1.29 is 24.5 Å². The van der Waals surface area contributed by atoms with Crippen molar-refractivity contribution in [2.75, 3.05) is 6.61 Å². The molecule has 2 unspecified atom stereocenters. The summed E-state index contributed by atoms with van der Waals surface area (Å²) < 4.78 is 4.95. The van der Waals surface area contributed by atoms with E-state index < -0.39 is 0 Å². The second-order valence-electron chi connectivity index (χ2n) is 8.44. The topological polar surface area (TPSA) is 136 Å². The van der Waals surface area contributed by atoms with Crippen LogP contribution in [0.2, 0.25) is 0 Å². The molecular weight excluding hydrogens is 420 g/mol. The average Bonchev–Trinajstić information content (AvgIpc) is 3.36. The Bertz CT molecular complexity index is 972. The van der Waals surface area contributed by atoms with Gasteiger partial charge in [-0.2, -0.15) is 0 Å². The van der Waals surface area contributed by atoms with Gasteiger partial charge in [-0.1, -0.05) is 26.7 Å². The van der Waals surface area contributed by atoms with Crippen molar-refractivity contribution in [1.29, 1.82) is 0 Å². The molecule has 7 heteroatoms. The highest BCUT2D eigenvalue weighted by Crippen LogP contribution is 2.31. The van der Waals surface area contributed by atoms with E-state index in [9.17, 15) is 19.8 Å². The second kappa shape index (κ2) is 12.4. The standard InChI is InChI=1S/C12H15NO3.C10H11NO2.C4H10/c1-2-16-12(15)11-6-9(14)4-7-3-8(13)5-10(7)11;11-7-3-8-6(5-12)1-2-10(13)9(8)4-7;1-3-4-2/h4,6,8,14H,2-3,5,13H2,1H3;1-2,5,7,13H,3-4,11H2;3-4H2,1-2H3. The molecule has 0 amide bonds. The Morgan fingerprint density at radius 3 is 2.18 bits per heavy atom. The number of hydrogen-bond acceptors (Lipinski definition) is 7. The van der Waals surface area contributed by atoms with Gasteiger partial charge in [0, 0.05) is 17.6 Å². The molecule has 33 heavy (non-hydrogen) atoms. The van der Waals surface area contributed by atoms with Gasteiger partial charge in [0.25, 0.3) is 0 Å². The summed E-state index contributed by atoms with van der Waals surface area (Å²) in [7, 11) is 0. The largest absolute Gasteiger partial charge is 0.508 e. The minimum absolute atomic E-state index is 0.0324. The molecule has 7 nitrogen and oxygen atoms in total. The fraction of sp³-hybridized carbons (Fsp3) is 0.462. The molecule has 4 rings (SSSR count). The van der Waals surface area contributed by atoms with Crippen LogP contribution in [0.3, 0.4) is 0 Å². The molecule has 180 valence electrons. The number of nitrogens with two attached hydrogens (primary N) is 2. The number of rotatable bonds is 4. The van der Waals surface area contributed by atoms with Crippen molar-refractivity contribution in [3.8, 4) is 11.5 Å². The molecular formula is C26H36N2O5. The highest BCUT2D eigenvalue weighted by Gasteiger charge is 2.25. The first kappa shape index (κ1) is 26.4. The summed E-state index contributed by atoms with van der Waals surface area (Å²) in [5.74, 6) is -0.0341. The van der Waals surface area contributed by atoms with Crippen LogP contribution in [0.4, 0.5) is 0 Å². The van der Waals surface area contributed by atoms with Gasteiger partial charge in [0.05, 0.1) is 12.2 Å². The summed E-state index contributed by atoms with van der Waals surface area (Å²) in [5.41, 5.74) is 16.3. The smallest absolute Gasteiger partial charge is 0.338 e. The zero-order valence-electron chi connectivity index (χ0n) is 19.8. The van der Waals surface area contributed by atoms with Gasteiger partial charge in [0.15, 0.2) is 0 Å². The number of carbonyl (C=O) groups excluding carboxylic acids is 2. The van der Waals surface area contributed by atoms with Crippen molar-refractivity contribution >= 4 is 12.3 Å². The Labute approximate surface area is 195 Å². The van der Waals surface area contributed by atoms with E-state index in [0.29, 0.717) is 43.4 Å². The van der Waals surface area contributed by atoms with Crippen LogP contribution < -0.4 is 11.5 Å². The number of carbonyl (C=O) groups is 2. The van der Waals surface area contributed by atoms with Gasteiger partial charge in [-0.25, -0.2) is 4.79 Å². The molecule has 0 radical (unpaired) electrons. The molecule has 2 aliphatic carbocycles. The van der Waals surface area contributed by atoms with E-state index in [1.807, 2.05) is 0 Å². The van der Waals surface area contributed by atoms with Crippen LogP contribution in [0, 0.1) is 0 Å². The maximum Gasteiger partial charge on any atom is 0.338 e. The minimum atomic E-state index is -0.385. The molecule has 0 saturated carbocycles. The lowest BCUT2D eigenvalue weighted by molar-refractivity contribution is 0.0524. The second-order valence-corrected chi connectivity index (χ2v) is 8.44. The molecule has 2 aromatic carbocycles. The Morgan fingerprint density at radius 2 is 1.58 bits per heavy atom. The number of esters is 1. The predicted octanol–water partition coefficient (Wildman–Crippen LogP) is 3.43. The van der Waals surface area contributed by atoms with Crippen molar-refractivity contribution in [3.63, 3.8) is 0 Å². The molecule has 0 aromatic heterocycles. The van der Waals surface area contributed by atoms with E-state index in [0.717, 1.165) is 28.5 Å². The maximum atomic E-state index is 11.7. The van der Waals surface area contributed by atoms with Gasteiger partial charge in [-0.3, -0.25) is 4.79 Å². The number of aromatic hydroxyl groups is 2. The summed E-state index contributed by atoms with van der Waals surface area (Å²) in [4.78, 5) is 22.4. The Morgan fingerprint density at radius 1 is 0.970 bits per heavy atom. The van der Waals surface area contributed by atoms with Gasteiger partial charge in [0.1, 0.15) is 17.8 Å². The zero-order valence-corrected chi connectivity index (χ0v) is 19.8. The predicted molar refractivity (Wildman–Crippen MR) is 129 cm³/mol. The van der Waals surface area contributed by atoms with E-state index in [4.69, 9.17) is 16.2 Å². The number of benzene rings is 2. The van der Waals surface area contributed by atoms with Gasteiger partial charge in [-0.05, 0) is 79.1 Å². The molecule has 0 spiro atoms. The van der Waals surface area contributed by atoms with E-state index in [1.54, 1.807) is 25.1 Å². The van der Waals surface area contributed by atoms with Crippen molar-refractivity contribution in [1.82, 2.24) is 0 Å². The van der Waals surface area contributed by atoms with Crippen LogP contribution in [-0.4, -0.2) is 41.2 Å². The number of unbranched alkanes of at least 4 members (excludes halogenated alkanes) is 1. The number of phenols is 2. The summed E-state index contributed by atoms with van der Waals surface area (Å²) >= 11 is 0. The lowest BCUT2D eigenvalue weighted by Crippen LogP contribution is -2.19. The molecule has 0 saturated heterocycles. The quantitative estimate of drug-likeness (QED) is 0.409. The Kier molecular flexibility index (Phi) is 9.88. The first-order chi connectivity index (χ1) is 15.7. The van der Waals surface area contributed by atoms with Crippen LogP contribution in [0.25, 0.3) is 0 Å². The third kappa shape index (κ3) is 6.79. The van der Waals surface area contributed by atoms with Crippen molar-refractivity contribution in [2.45, 2.75) is 71.4 Å². The Balaban J connectivity index is 0.000000204. The monoisotopic (exact) mass is 456 g/mol. The van der Waals surface area contributed by atoms with E-state index >= 15 is 0 Å². The summed E-state index contributed by atoms with van der Waals surface area (Å²) in [6.07, 6.45) is 6.19. The third-order valence-electron chi connectivity index (χ3n) is 5.77. The molecule has 6 N–H and O–H groups in total. The summed E-state index contributed by atoms with van der Waals surface area (Å²) in [6.45, 7) is 6.45. The van der Waals surface area contributed by atoms with Crippen molar-refractivity contribution in [2.24, 2.45) is 11.5 Å². The number of hydrogen-bond donors (Lipinski definition) is 4. The average molecular weight is 457 g/mol. The summed E-state index contributed by atoms with van der Waals surface area (Å²) in [6, 6.07) is 6.39. The molecule has 2 aromatic rings. The van der Waals surface area contributed by atoms with E-state index in [1.165, 1.54) is 18.9 Å². The highest BCUT2D eigenvalue weighted by molar-refractivity contribution is 5.92. The van der Waals surface area contributed by atoms with Gasteiger partial charge in [0.2, 0.25) is 0 Å². The van der Waals surface area contributed by atoms with Gasteiger partial charge in [-0.15, -0.1) is 0 Å². The molecule has 0 fully saturated rings. The zero-order chi connectivity index (χ0) is 24.5. The first-order valence-corrected chi connectivity index (χ1v) is 11.6. The number of phenolic OH excluding ortho intramolecular Hbond substituents is 2.